The fraction of sp³-hybridized carbons (Fsp3) is 0.286. The highest BCUT2D eigenvalue weighted by atomic mass is 16.4. The minimum absolute atomic E-state index is 0.224. The molecule has 166 valence electrons. The molecule has 2 N–H and O–H groups in total. The number of hydrogen-bond donors (Lipinski definition) is 2. The second kappa shape index (κ2) is 10.3. The molecule has 0 radical (unpaired) electrons. The lowest BCUT2D eigenvalue weighted by Gasteiger charge is -2.24. The Morgan fingerprint density at radius 3 is 1.66 bits per heavy atom. The summed E-state index contributed by atoms with van der Waals surface area (Å²) in [6.07, 6.45) is 4.29. The molecule has 0 fully saturated rings. The highest BCUT2D eigenvalue weighted by Crippen LogP contribution is 2.43. The van der Waals surface area contributed by atoms with Crippen molar-refractivity contribution in [3.05, 3.63) is 82.4 Å². The molecule has 0 aromatic heterocycles. The van der Waals surface area contributed by atoms with Crippen LogP contribution >= 0.6 is 0 Å². The largest absolute Gasteiger partial charge is 0.478 e. The molecule has 0 saturated carbocycles. The van der Waals surface area contributed by atoms with Gasteiger partial charge < -0.3 is 10.2 Å². The van der Waals surface area contributed by atoms with Gasteiger partial charge in [-0.2, -0.15) is 0 Å². The van der Waals surface area contributed by atoms with Crippen LogP contribution in [0, 0.1) is 0 Å². The van der Waals surface area contributed by atoms with E-state index in [0.717, 1.165) is 47.9 Å². The van der Waals surface area contributed by atoms with E-state index < -0.39 is 11.9 Å². The zero-order valence-electron chi connectivity index (χ0n) is 18.9. The first kappa shape index (κ1) is 23.3. The summed E-state index contributed by atoms with van der Waals surface area (Å²) in [7, 11) is 0. The van der Waals surface area contributed by atoms with E-state index in [0.29, 0.717) is 17.5 Å². The van der Waals surface area contributed by atoms with Gasteiger partial charge in [-0.3, -0.25) is 0 Å². The lowest BCUT2D eigenvalue weighted by Crippen LogP contribution is -2.09. The van der Waals surface area contributed by atoms with Crippen LogP contribution in [0.4, 0.5) is 0 Å². The van der Waals surface area contributed by atoms with Gasteiger partial charge in [0.25, 0.3) is 0 Å². The molecular weight excluding hydrogens is 400 g/mol. The maximum atomic E-state index is 12.2. The Hall–Kier alpha value is -3.40. The summed E-state index contributed by atoms with van der Waals surface area (Å²) >= 11 is 0. The van der Waals surface area contributed by atoms with Crippen molar-refractivity contribution in [1.82, 2.24) is 0 Å². The van der Waals surface area contributed by atoms with Gasteiger partial charge in [-0.05, 0) is 70.3 Å². The summed E-state index contributed by atoms with van der Waals surface area (Å²) in [6.45, 7) is 6.31. The maximum Gasteiger partial charge on any atom is 0.336 e. The fourth-order valence-corrected chi connectivity index (χ4v) is 4.53. The maximum absolute atomic E-state index is 12.2. The molecule has 0 spiro atoms. The zero-order chi connectivity index (χ0) is 23.3. The standard InChI is InChI=1S/C28H30O4/c1-4-11-19-17-18(6-3)25(21-13-7-9-15-23(21)27(29)30)26(20(19)12-5-2)22-14-8-10-16-24(22)28(31)32/h7-10,13-17H,4-6,11-12H2,1-3H3,(H,29,30)(H,31,32). The molecule has 4 nitrogen and oxygen atoms in total. The molecule has 3 rings (SSSR count). The smallest absolute Gasteiger partial charge is 0.336 e. The fourth-order valence-electron chi connectivity index (χ4n) is 4.53. The van der Waals surface area contributed by atoms with E-state index in [4.69, 9.17) is 0 Å². The highest BCUT2D eigenvalue weighted by Gasteiger charge is 2.25. The van der Waals surface area contributed by atoms with Crippen LogP contribution in [0.2, 0.25) is 0 Å². The Bertz CT molecular complexity index is 1140. The van der Waals surface area contributed by atoms with Gasteiger partial charge in [-0.1, -0.05) is 76.1 Å². The average molecular weight is 431 g/mol. The lowest BCUT2D eigenvalue weighted by atomic mass is 9.79. The van der Waals surface area contributed by atoms with Crippen LogP contribution in [-0.4, -0.2) is 22.2 Å². The van der Waals surface area contributed by atoms with Crippen LogP contribution in [0.5, 0.6) is 0 Å². The summed E-state index contributed by atoms with van der Waals surface area (Å²) in [6, 6.07) is 16.3. The minimum atomic E-state index is -0.991. The number of rotatable bonds is 9. The molecular formula is C28H30O4. The van der Waals surface area contributed by atoms with E-state index in [9.17, 15) is 19.8 Å². The van der Waals surface area contributed by atoms with Gasteiger partial charge in [0.15, 0.2) is 0 Å². The van der Waals surface area contributed by atoms with Gasteiger partial charge in [0, 0.05) is 0 Å². The molecule has 0 unspecified atom stereocenters. The predicted molar refractivity (Wildman–Crippen MR) is 129 cm³/mol. The third-order valence-corrected chi connectivity index (χ3v) is 5.86. The van der Waals surface area contributed by atoms with Crippen LogP contribution in [0.15, 0.2) is 54.6 Å². The predicted octanol–water partition coefficient (Wildman–Crippen LogP) is 6.88. The van der Waals surface area contributed by atoms with E-state index in [1.807, 2.05) is 24.3 Å². The first-order chi connectivity index (χ1) is 15.4. The van der Waals surface area contributed by atoms with Crippen molar-refractivity contribution in [3.8, 4) is 22.3 Å². The van der Waals surface area contributed by atoms with Crippen LogP contribution in [-0.2, 0) is 19.3 Å². The number of hydrogen-bond acceptors (Lipinski definition) is 2. The minimum Gasteiger partial charge on any atom is -0.478 e. The van der Waals surface area contributed by atoms with Crippen molar-refractivity contribution in [2.24, 2.45) is 0 Å². The van der Waals surface area contributed by atoms with Crippen molar-refractivity contribution < 1.29 is 19.8 Å². The van der Waals surface area contributed by atoms with Crippen molar-refractivity contribution in [2.75, 3.05) is 0 Å². The summed E-state index contributed by atoms with van der Waals surface area (Å²) in [5.41, 5.74) is 6.81. The molecule has 0 amide bonds. The Morgan fingerprint density at radius 1 is 0.688 bits per heavy atom. The molecule has 3 aromatic rings. The third kappa shape index (κ3) is 4.45. The molecule has 3 aromatic carbocycles. The molecule has 0 aliphatic carbocycles. The quantitative estimate of drug-likeness (QED) is 0.388. The van der Waals surface area contributed by atoms with Gasteiger partial charge in [-0.25, -0.2) is 9.59 Å². The van der Waals surface area contributed by atoms with Crippen molar-refractivity contribution in [1.29, 1.82) is 0 Å². The monoisotopic (exact) mass is 430 g/mol. The van der Waals surface area contributed by atoms with E-state index >= 15 is 0 Å². The van der Waals surface area contributed by atoms with Crippen molar-refractivity contribution in [2.45, 2.75) is 52.9 Å². The van der Waals surface area contributed by atoms with Gasteiger partial charge in [-0.15, -0.1) is 0 Å². The lowest BCUT2D eigenvalue weighted by molar-refractivity contribution is 0.0686. The van der Waals surface area contributed by atoms with Crippen LogP contribution < -0.4 is 0 Å². The molecule has 0 atom stereocenters. The van der Waals surface area contributed by atoms with Gasteiger partial charge in [0.2, 0.25) is 0 Å². The van der Waals surface area contributed by atoms with Gasteiger partial charge >= 0.3 is 11.9 Å². The van der Waals surface area contributed by atoms with E-state index in [-0.39, 0.29) is 11.1 Å². The van der Waals surface area contributed by atoms with Crippen LogP contribution in [0.1, 0.15) is 71.0 Å². The number of carboxylic acid groups (broad SMARTS) is 2. The number of carboxylic acids is 2. The number of aryl methyl sites for hydroxylation is 2. The third-order valence-electron chi connectivity index (χ3n) is 5.86. The molecule has 32 heavy (non-hydrogen) atoms. The summed E-state index contributed by atoms with van der Waals surface area (Å²) in [4.78, 5) is 24.3. The summed E-state index contributed by atoms with van der Waals surface area (Å²) < 4.78 is 0. The van der Waals surface area contributed by atoms with Crippen LogP contribution in [0.3, 0.4) is 0 Å². The normalized spacial score (nSPS) is 10.8. The SMILES string of the molecule is CCCc1cc(CC)c(-c2ccccc2C(=O)O)c(-c2ccccc2C(=O)O)c1CCC. The highest BCUT2D eigenvalue weighted by molar-refractivity contribution is 6.04. The Morgan fingerprint density at radius 2 is 1.19 bits per heavy atom. The Labute approximate surface area is 189 Å². The van der Waals surface area contributed by atoms with Gasteiger partial charge in [0.1, 0.15) is 0 Å². The number of benzene rings is 3. The summed E-state index contributed by atoms with van der Waals surface area (Å²) in [5, 5.41) is 19.9. The molecule has 0 heterocycles. The van der Waals surface area contributed by atoms with Gasteiger partial charge in [0.05, 0.1) is 11.1 Å². The zero-order valence-corrected chi connectivity index (χ0v) is 18.9. The second-order valence-electron chi connectivity index (χ2n) is 7.98. The van der Waals surface area contributed by atoms with E-state index in [1.165, 1.54) is 5.56 Å². The van der Waals surface area contributed by atoms with E-state index in [1.54, 1.807) is 24.3 Å². The molecule has 0 aliphatic rings. The molecule has 0 bridgehead atoms. The Kier molecular flexibility index (Phi) is 7.47. The molecule has 0 aliphatic heterocycles. The number of carbonyl (C=O) groups is 2. The first-order valence-electron chi connectivity index (χ1n) is 11.3. The Balaban J connectivity index is 2.56. The summed E-state index contributed by atoms with van der Waals surface area (Å²) in [5.74, 6) is -1.98. The van der Waals surface area contributed by atoms with Crippen molar-refractivity contribution >= 4 is 11.9 Å². The van der Waals surface area contributed by atoms with Crippen molar-refractivity contribution in [3.63, 3.8) is 0 Å². The number of aromatic carboxylic acids is 2. The molecule has 0 saturated heterocycles. The second-order valence-corrected chi connectivity index (χ2v) is 7.98. The molecule has 4 heteroatoms. The topological polar surface area (TPSA) is 74.6 Å². The first-order valence-corrected chi connectivity index (χ1v) is 11.3. The van der Waals surface area contributed by atoms with E-state index in [2.05, 4.69) is 26.8 Å². The average Bonchev–Trinajstić information content (AvgIpc) is 2.79. The van der Waals surface area contributed by atoms with Crippen LogP contribution in [0.25, 0.3) is 22.3 Å².